The van der Waals surface area contributed by atoms with Crippen LogP contribution in [0.3, 0.4) is 0 Å². The number of rotatable bonds is 8. The van der Waals surface area contributed by atoms with Crippen LogP contribution in [0, 0.1) is 13.8 Å². The van der Waals surface area contributed by atoms with E-state index in [1.807, 2.05) is 20.8 Å². The summed E-state index contributed by atoms with van der Waals surface area (Å²) in [5.74, 6) is -0.138. The van der Waals surface area contributed by atoms with Crippen molar-refractivity contribution in [3.8, 4) is 0 Å². The lowest BCUT2D eigenvalue weighted by molar-refractivity contribution is 0.0681. The molecule has 11 heteroatoms. The van der Waals surface area contributed by atoms with Gasteiger partial charge in [-0.05, 0) is 56.4 Å². The number of halogens is 1. The molecule has 1 fully saturated rings. The Balaban J connectivity index is 1.66. The number of imide groups is 1. The van der Waals surface area contributed by atoms with Crippen molar-refractivity contribution in [3.05, 3.63) is 53.0 Å². The first-order valence-corrected chi connectivity index (χ1v) is 11.9. The van der Waals surface area contributed by atoms with E-state index in [0.717, 1.165) is 35.3 Å². The van der Waals surface area contributed by atoms with Gasteiger partial charge in [-0.15, -0.1) is 0 Å². The molecule has 1 saturated carbocycles. The highest BCUT2D eigenvalue weighted by Crippen LogP contribution is 2.31. The van der Waals surface area contributed by atoms with Gasteiger partial charge < -0.3 is 15.4 Å². The summed E-state index contributed by atoms with van der Waals surface area (Å²) in [6.07, 6.45) is 4.62. The van der Waals surface area contributed by atoms with E-state index in [1.165, 1.54) is 6.33 Å². The number of nitrogens with one attached hydrogen (secondary N) is 2. The number of carbonyl (C=O) groups excluding carboxylic acids is 3. The standard InChI is InChI=1S/C24H27ClN6O4/c1-4-9-26-22(32)18-11-30-20(15(18)3)21(27-13-28-30)29-19-10-16(6-5-14(19)2)23(33)31(17-7-8-17)24(34)35-12-25/h5-6,10-11,13,17H,4,7-9,12H2,1-3H3,(H,26,32)(H,27,28,29). The fraction of sp³-hybridized carbons (Fsp3) is 0.375. The van der Waals surface area contributed by atoms with Gasteiger partial charge in [-0.1, -0.05) is 24.6 Å². The quantitative estimate of drug-likeness (QED) is 0.447. The van der Waals surface area contributed by atoms with Crippen molar-refractivity contribution in [2.75, 3.05) is 17.9 Å². The number of aryl methyl sites for hydroxylation is 2. The zero-order valence-corrected chi connectivity index (χ0v) is 20.6. The third-order valence-electron chi connectivity index (χ3n) is 5.85. The number of benzene rings is 1. The van der Waals surface area contributed by atoms with Gasteiger partial charge in [-0.3, -0.25) is 9.59 Å². The number of hydrogen-bond donors (Lipinski definition) is 2. The molecule has 0 aliphatic heterocycles. The third kappa shape index (κ3) is 5.07. The number of anilines is 2. The monoisotopic (exact) mass is 498 g/mol. The van der Waals surface area contributed by atoms with Crippen LogP contribution in [0.25, 0.3) is 5.52 Å². The molecule has 2 heterocycles. The fourth-order valence-electron chi connectivity index (χ4n) is 3.82. The summed E-state index contributed by atoms with van der Waals surface area (Å²) in [7, 11) is 0. The Labute approximate surface area is 207 Å². The summed E-state index contributed by atoms with van der Waals surface area (Å²) in [6, 6.07) is 4.63. The number of amides is 3. The van der Waals surface area contributed by atoms with Crippen molar-refractivity contribution in [1.82, 2.24) is 24.8 Å². The summed E-state index contributed by atoms with van der Waals surface area (Å²) in [5.41, 5.74) is 3.72. The van der Waals surface area contributed by atoms with Crippen LogP contribution < -0.4 is 10.6 Å². The minimum atomic E-state index is -0.752. The van der Waals surface area contributed by atoms with Gasteiger partial charge in [0.2, 0.25) is 0 Å². The Hall–Kier alpha value is -3.66. The fourth-order valence-corrected chi connectivity index (χ4v) is 3.91. The van der Waals surface area contributed by atoms with Crippen molar-refractivity contribution < 1.29 is 19.1 Å². The second kappa shape index (κ2) is 10.3. The molecule has 2 aromatic heterocycles. The molecule has 3 aromatic rings. The zero-order chi connectivity index (χ0) is 25.1. The molecule has 4 rings (SSSR count). The van der Waals surface area contributed by atoms with E-state index in [1.54, 1.807) is 28.9 Å². The average Bonchev–Trinajstić information content (AvgIpc) is 3.61. The van der Waals surface area contributed by atoms with Crippen LogP contribution in [0.15, 0.2) is 30.7 Å². The predicted octanol–water partition coefficient (Wildman–Crippen LogP) is 4.17. The second-order valence-electron chi connectivity index (χ2n) is 8.41. The summed E-state index contributed by atoms with van der Waals surface area (Å²) in [5, 5.41) is 10.4. The lowest BCUT2D eigenvalue weighted by Crippen LogP contribution is -2.39. The molecular weight excluding hydrogens is 472 g/mol. The van der Waals surface area contributed by atoms with Crippen LogP contribution in [0.1, 0.15) is 58.0 Å². The molecule has 3 amide bonds. The Morgan fingerprint density at radius 3 is 2.71 bits per heavy atom. The molecule has 10 nitrogen and oxygen atoms in total. The predicted molar refractivity (Wildman–Crippen MR) is 131 cm³/mol. The molecule has 184 valence electrons. The number of ether oxygens (including phenoxy) is 1. The minimum Gasteiger partial charge on any atom is -0.433 e. The van der Waals surface area contributed by atoms with Crippen LogP contribution in [-0.2, 0) is 4.74 Å². The molecule has 1 aliphatic carbocycles. The molecule has 2 N–H and O–H groups in total. The SMILES string of the molecule is CCCNC(=O)c1cn2ncnc(Nc3cc(C(=O)N(C(=O)OCCl)C4CC4)ccc3C)c2c1C. The summed E-state index contributed by atoms with van der Waals surface area (Å²) < 4.78 is 6.47. The highest BCUT2D eigenvalue weighted by atomic mass is 35.5. The maximum Gasteiger partial charge on any atom is 0.418 e. The van der Waals surface area contributed by atoms with E-state index >= 15 is 0 Å². The molecule has 0 radical (unpaired) electrons. The number of alkyl halides is 1. The van der Waals surface area contributed by atoms with E-state index in [2.05, 4.69) is 20.7 Å². The maximum absolute atomic E-state index is 13.2. The van der Waals surface area contributed by atoms with Gasteiger partial charge in [-0.25, -0.2) is 19.2 Å². The first kappa shape index (κ1) is 24.5. The lowest BCUT2D eigenvalue weighted by atomic mass is 10.1. The molecule has 0 unspecified atom stereocenters. The summed E-state index contributed by atoms with van der Waals surface area (Å²) >= 11 is 5.53. The summed E-state index contributed by atoms with van der Waals surface area (Å²) in [4.78, 5) is 43.6. The smallest absolute Gasteiger partial charge is 0.418 e. The van der Waals surface area contributed by atoms with Crippen LogP contribution in [0.5, 0.6) is 0 Å². The van der Waals surface area contributed by atoms with E-state index in [4.69, 9.17) is 16.3 Å². The molecular formula is C24H27ClN6O4. The molecule has 0 bridgehead atoms. The molecule has 0 spiro atoms. The van der Waals surface area contributed by atoms with Gasteiger partial charge in [0.25, 0.3) is 11.8 Å². The van der Waals surface area contributed by atoms with Crippen molar-refractivity contribution in [3.63, 3.8) is 0 Å². The third-order valence-corrected chi connectivity index (χ3v) is 5.96. The molecule has 1 aromatic carbocycles. The Kier molecular flexibility index (Phi) is 7.20. The van der Waals surface area contributed by atoms with Crippen molar-refractivity contribution in [2.45, 2.75) is 46.1 Å². The van der Waals surface area contributed by atoms with Crippen LogP contribution in [-0.4, -0.2) is 56.1 Å². The maximum atomic E-state index is 13.2. The van der Waals surface area contributed by atoms with Crippen molar-refractivity contribution in [1.29, 1.82) is 0 Å². The van der Waals surface area contributed by atoms with Crippen LogP contribution in [0.2, 0.25) is 0 Å². The number of aromatic nitrogens is 3. The number of carbonyl (C=O) groups is 3. The topological polar surface area (TPSA) is 118 Å². The van der Waals surface area contributed by atoms with E-state index in [9.17, 15) is 14.4 Å². The van der Waals surface area contributed by atoms with Crippen molar-refractivity contribution in [2.24, 2.45) is 0 Å². The highest BCUT2D eigenvalue weighted by molar-refractivity contribution is 6.17. The zero-order valence-electron chi connectivity index (χ0n) is 19.8. The average molecular weight is 499 g/mol. The summed E-state index contributed by atoms with van der Waals surface area (Å²) in [6.45, 7) is 6.30. The van der Waals surface area contributed by atoms with Gasteiger partial charge >= 0.3 is 6.09 Å². The van der Waals surface area contributed by atoms with Gasteiger partial charge in [0.05, 0.1) is 5.56 Å². The van der Waals surface area contributed by atoms with Gasteiger partial charge in [0.1, 0.15) is 11.8 Å². The Bertz CT molecular complexity index is 1290. The second-order valence-corrected chi connectivity index (χ2v) is 8.62. The number of hydrogen-bond acceptors (Lipinski definition) is 7. The van der Waals surface area contributed by atoms with Crippen LogP contribution >= 0.6 is 11.6 Å². The van der Waals surface area contributed by atoms with Gasteiger partial charge in [-0.2, -0.15) is 5.10 Å². The Morgan fingerprint density at radius 2 is 2.03 bits per heavy atom. The highest BCUT2D eigenvalue weighted by Gasteiger charge is 2.38. The van der Waals surface area contributed by atoms with Crippen molar-refractivity contribution >= 4 is 46.5 Å². The molecule has 1 aliphatic rings. The molecule has 0 atom stereocenters. The normalized spacial score (nSPS) is 12.9. The minimum absolute atomic E-state index is 0.173. The molecule has 35 heavy (non-hydrogen) atoms. The van der Waals surface area contributed by atoms with Crippen LogP contribution in [0.4, 0.5) is 16.3 Å². The number of fused-ring (bicyclic) bond motifs is 1. The van der Waals surface area contributed by atoms with Gasteiger partial charge in [0, 0.05) is 30.0 Å². The molecule has 0 saturated heterocycles. The first-order chi connectivity index (χ1) is 16.8. The van der Waals surface area contributed by atoms with E-state index in [0.29, 0.717) is 34.7 Å². The van der Waals surface area contributed by atoms with E-state index < -0.39 is 12.0 Å². The number of nitrogens with zero attached hydrogens (tertiary/aromatic N) is 4. The Morgan fingerprint density at radius 1 is 1.26 bits per heavy atom. The van der Waals surface area contributed by atoms with E-state index in [-0.39, 0.29) is 18.0 Å². The largest absolute Gasteiger partial charge is 0.433 e. The first-order valence-electron chi connectivity index (χ1n) is 11.4. The van der Waals surface area contributed by atoms with Gasteiger partial charge in [0.15, 0.2) is 11.9 Å². The lowest BCUT2D eigenvalue weighted by Gasteiger charge is -2.20.